The lowest BCUT2D eigenvalue weighted by Gasteiger charge is -2.31. The second kappa shape index (κ2) is 33.8. The van der Waals surface area contributed by atoms with E-state index in [0.29, 0.717) is 30.4 Å². The first-order valence-corrected chi connectivity index (χ1v) is 28.5. The Labute approximate surface area is 489 Å². The molecule has 1 aliphatic heterocycles. The normalized spacial score (nSPS) is 16.3. The van der Waals surface area contributed by atoms with Crippen LogP contribution in [0.2, 0.25) is 0 Å². The number of nitrogens with two attached hydrogens (primary N) is 4. The number of carbonyl (C=O) groups excluding carboxylic acids is 10. The molecule has 462 valence electrons. The van der Waals surface area contributed by atoms with E-state index in [-0.39, 0.29) is 63.5 Å². The summed E-state index contributed by atoms with van der Waals surface area (Å²) in [6, 6.07) is 4.42. The fourth-order valence-electron chi connectivity index (χ4n) is 9.56. The maximum atomic E-state index is 14.8. The largest absolute Gasteiger partial charge is 0.394 e. The molecule has 4 rings (SSSR count). The van der Waals surface area contributed by atoms with E-state index in [2.05, 4.69) is 52.5 Å². The summed E-state index contributed by atoms with van der Waals surface area (Å²) in [4.78, 5) is 146. The van der Waals surface area contributed by atoms with E-state index in [1.807, 2.05) is 39.0 Å². The van der Waals surface area contributed by atoms with Gasteiger partial charge in [-0.15, -0.1) is 0 Å². The van der Waals surface area contributed by atoms with E-state index in [9.17, 15) is 58.2 Å². The number of rotatable bonds is 34. The van der Waals surface area contributed by atoms with Crippen molar-refractivity contribution in [1.29, 1.82) is 0 Å². The van der Waals surface area contributed by atoms with Crippen LogP contribution in [0.4, 0.5) is 0 Å². The van der Waals surface area contributed by atoms with E-state index < -0.39 is 139 Å². The van der Waals surface area contributed by atoms with Crippen LogP contribution in [0.25, 0.3) is 10.9 Å². The first kappa shape index (κ1) is 68.3. The van der Waals surface area contributed by atoms with Gasteiger partial charge in [-0.3, -0.25) is 52.9 Å². The summed E-state index contributed by atoms with van der Waals surface area (Å²) in [6.45, 7) is 8.67. The molecule has 27 heteroatoms. The molecule has 19 N–H and O–H groups in total. The number of guanidine groups is 1. The van der Waals surface area contributed by atoms with Crippen molar-refractivity contribution in [2.24, 2.45) is 39.8 Å². The predicted molar refractivity (Wildman–Crippen MR) is 313 cm³/mol. The van der Waals surface area contributed by atoms with Gasteiger partial charge in [0.05, 0.1) is 25.3 Å². The molecular formula is C57H87N15O12. The number of aromatic nitrogens is 1. The van der Waals surface area contributed by atoms with Crippen molar-refractivity contribution in [3.63, 3.8) is 0 Å². The molecule has 84 heavy (non-hydrogen) atoms. The Morgan fingerprint density at radius 3 is 1.93 bits per heavy atom. The van der Waals surface area contributed by atoms with Crippen molar-refractivity contribution in [1.82, 2.24) is 52.4 Å². The Kier molecular flexibility index (Phi) is 27.5. The van der Waals surface area contributed by atoms with Gasteiger partial charge in [-0.05, 0) is 74.5 Å². The monoisotopic (exact) mass is 1170 g/mol. The van der Waals surface area contributed by atoms with E-state index in [1.54, 1.807) is 56.4 Å². The van der Waals surface area contributed by atoms with E-state index >= 15 is 0 Å². The Balaban J connectivity index is 1.59. The number of para-hydroxylation sites is 1. The SMILES string of the molecule is CCCC[C@H](N)C(=O)N[C@H](C(=O)N1CCC[C@H]1C(=O)N[C@@H](Cc1ccccc1)C(=O)N[C@@H](Cc1c[nH]c2ccccc12)C(=O)N[C@@H](CCCN=C(N)N)C(=O)NCC(=O)N[C@H](C(=O)N[C@@H](CO)C(=O)N[C@@H](CC(C)C)C(N)=O)C(C)C)[C@@H](C)O. The van der Waals surface area contributed by atoms with Crippen molar-refractivity contribution in [2.45, 2.75) is 166 Å². The van der Waals surface area contributed by atoms with Crippen LogP contribution < -0.4 is 65.5 Å². The number of likely N-dealkylation sites (tertiary alicyclic amines) is 1. The molecule has 3 aromatic rings. The summed E-state index contributed by atoms with van der Waals surface area (Å²) in [6.07, 6.45) is 2.72. The number of fused-ring (bicyclic) bond motifs is 1. The molecule has 0 aliphatic carbocycles. The van der Waals surface area contributed by atoms with Gasteiger partial charge in [-0.2, -0.15) is 0 Å². The van der Waals surface area contributed by atoms with Gasteiger partial charge in [0.2, 0.25) is 59.1 Å². The topological polar surface area (TPSA) is 443 Å². The molecule has 1 fully saturated rings. The highest BCUT2D eigenvalue weighted by Crippen LogP contribution is 2.22. The third-order valence-electron chi connectivity index (χ3n) is 14.2. The summed E-state index contributed by atoms with van der Waals surface area (Å²) in [7, 11) is 0. The third kappa shape index (κ3) is 21.2. The van der Waals surface area contributed by atoms with Crippen LogP contribution in [-0.4, -0.2) is 172 Å². The van der Waals surface area contributed by atoms with Crippen molar-refractivity contribution < 1.29 is 58.2 Å². The van der Waals surface area contributed by atoms with Crippen molar-refractivity contribution in [3.05, 3.63) is 71.9 Å². The second-order valence-electron chi connectivity index (χ2n) is 21.9. The van der Waals surface area contributed by atoms with E-state index in [4.69, 9.17) is 22.9 Å². The number of carbonyl (C=O) groups is 10. The zero-order valence-electron chi connectivity index (χ0n) is 48.8. The molecule has 1 saturated heterocycles. The number of aliphatic hydroxyl groups is 2. The maximum absolute atomic E-state index is 14.8. The van der Waals surface area contributed by atoms with Crippen LogP contribution in [-0.2, 0) is 60.8 Å². The van der Waals surface area contributed by atoms with Gasteiger partial charge >= 0.3 is 0 Å². The summed E-state index contributed by atoms with van der Waals surface area (Å²) in [5.41, 5.74) is 24.6. The number of hydrogen-bond acceptors (Lipinski definition) is 14. The Bertz CT molecular complexity index is 2750. The summed E-state index contributed by atoms with van der Waals surface area (Å²) >= 11 is 0. The van der Waals surface area contributed by atoms with E-state index in [1.165, 1.54) is 11.8 Å². The van der Waals surface area contributed by atoms with Crippen LogP contribution in [0.3, 0.4) is 0 Å². The molecule has 27 nitrogen and oxygen atoms in total. The van der Waals surface area contributed by atoms with Crippen LogP contribution >= 0.6 is 0 Å². The second-order valence-corrected chi connectivity index (χ2v) is 21.9. The molecule has 0 bridgehead atoms. The standard InChI is InChI=1S/C57H87N15O12/c1-7-8-19-37(58)49(77)71-47(33(6)74)56(84)72-24-15-22-44(72)54(82)68-41(26-34-16-10-9-11-17-34)51(79)67-42(27-35-28-63-38-20-13-12-18-36(35)38)52(80)65-39(21-14-23-62-57(60)61)50(78)64-29-45(75)70-46(32(4)5)55(83)69-43(30-73)53(81)66-40(48(59)76)25-31(2)3/h9-13,16-18,20,28,31-33,37,39-44,46-47,63,73-74H,7-8,14-15,19,21-27,29-30,58H2,1-6H3,(H2,59,76)(H,64,78)(H,65,80)(H,66,81)(H,67,79)(H,68,82)(H,69,83)(H,70,75)(H,71,77)(H4,60,61,62)/t33-,37+,39+,40+,41+,42+,43+,44+,46+,47+/m1/s1. The smallest absolute Gasteiger partial charge is 0.248 e. The summed E-state index contributed by atoms with van der Waals surface area (Å²) < 4.78 is 0. The highest BCUT2D eigenvalue weighted by Gasteiger charge is 2.41. The number of amides is 10. The number of hydrogen-bond donors (Lipinski definition) is 15. The molecule has 1 aromatic heterocycles. The van der Waals surface area contributed by atoms with E-state index in [0.717, 1.165) is 17.3 Å². The average Bonchev–Trinajstić information content (AvgIpc) is 4.32. The van der Waals surface area contributed by atoms with Gasteiger partial charge in [0.1, 0.15) is 48.3 Å². The average molecular weight is 1170 g/mol. The minimum Gasteiger partial charge on any atom is -0.394 e. The van der Waals surface area contributed by atoms with Crippen LogP contribution in [0, 0.1) is 11.8 Å². The minimum atomic E-state index is -1.52. The number of unbranched alkanes of at least 4 members (excludes halogenated alkanes) is 1. The molecule has 0 unspecified atom stereocenters. The lowest BCUT2D eigenvalue weighted by atomic mass is 10.0. The number of nitrogens with one attached hydrogen (secondary N) is 9. The minimum absolute atomic E-state index is 0.0311. The quantitative estimate of drug-likeness (QED) is 0.0168. The first-order valence-electron chi connectivity index (χ1n) is 28.5. The predicted octanol–water partition coefficient (Wildman–Crippen LogP) is -2.41. The van der Waals surface area contributed by atoms with Crippen molar-refractivity contribution >= 4 is 75.9 Å². The van der Waals surface area contributed by atoms with Crippen LogP contribution in [0.1, 0.15) is 104 Å². The molecule has 0 radical (unpaired) electrons. The highest BCUT2D eigenvalue weighted by molar-refractivity contribution is 5.99. The fraction of sp³-hybridized carbons (Fsp3) is 0.561. The van der Waals surface area contributed by atoms with Gasteiger partial charge in [0.25, 0.3) is 0 Å². The Morgan fingerprint density at radius 2 is 1.31 bits per heavy atom. The molecule has 1 aliphatic rings. The number of benzene rings is 2. The van der Waals surface area contributed by atoms with Gasteiger partial charge in [0, 0.05) is 43.0 Å². The van der Waals surface area contributed by atoms with Crippen LogP contribution in [0.15, 0.2) is 65.8 Å². The lowest BCUT2D eigenvalue weighted by Crippen LogP contribution is -2.61. The number of primary amides is 1. The number of H-pyrrole nitrogens is 1. The molecule has 2 aromatic carbocycles. The molecular weight excluding hydrogens is 1090 g/mol. The molecule has 0 spiro atoms. The fourth-order valence-corrected chi connectivity index (χ4v) is 9.56. The number of nitrogens with zero attached hydrogens (tertiary/aromatic N) is 2. The highest BCUT2D eigenvalue weighted by atomic mass is 16.3. The zero-order valence-corrected chi connectivity index (χ0v) is 48.8. The number of aromatic amines is 1. The van der Waals surface area contributed by atoms with Gasteiger partial charge in [0.15, 0.2) is 5.96 Å². The third-order valence-corrected chi connectivity index (χ3v) is 14.2. The van der Waals surface area contributed by atoms with Gasteiger partial charge in [-0.25, -0.2) is 0 Å². The molecule has 10 atom stereocenters. The Morgan fingerprint density at radius 1 is 0.690 bits per heavy atom. The number of aliphatic hydroxyl groups excluding tert-OH is 2. The zero-order chi connectivity index (χ0) is 62.2. The maximum Gasteiger partial charge on any atom is 0.248 e. The van der Waals surface area contributed by atoms with Gasteiger partial charge in [-0.1, -0.05) is 96.0 Å². The van der Waals surface area contributed by atoms with Gasteiger partial charge < -0.3 is 85.6 Å². The summed E-state index contributed by atoms with van der Waals surface area (Å²) in [5, 5.41) is 42.2. The van der Waals surface area contributed by atoms with Crippen molar-refractivity contribution in [2.75, 3.05) is 26.2 Å². The summed E-state index contributed by atoms with van der Waals surface area (Å²) in [5.74, 6) is -8.81. The van der Waals surface area contributed by atoms with Crippen LogP contribution in [0.5, 0.6) is 0 Å². The first-order chi connectivity index (χ1) is 39.8. The Hall–Kier alpha value is -8.17. The molecule has 2 heterocycles. The number of aliphatic imine (C=N–C) groups is 1. The molecule has 10 amide bonds. The van der Waals surface area contributed by atoms with Crippen molar-refractivity contribution in [3.8, 4) is 0 Å². The molecule has 0 saturated carbocycles. The lowest BCUT2D eigenvalue weighted by molar-refractivity contribution is -0.144.